The fourth-order valence-corrected chi connectivity index (χ4v) is 3.89. The minimum Gasteiger partial charge on any atom is -0.331 e. The molecule has 116 valence electrons. The number of carbonyl (C=O) groups is 1. The molecule has 0 spiro atoms. The van der Waals surface area contributed by atoms with E-state index in [-0.39, 0.29) is 11.9 Å². The maximum atomic E-state index is 12.8. The Morgan fingerprint density at radius 2 is 2.26 bits per heavy atom. The fraction of sp³-hybridized carbons (Fsp3) is 0.235. The van der Waals surface area contributed by atoms with E-state index in [1.165, 1.54) is 4.88 Å². The Morgan fingerprint density at radius 1 is 1.30 bits per heavy atom. The van der Waals surface area contributed by atoms with Crippen LogP contribution in [0.3, 0.4) is 0 Å². The Balaban J connectivity index is 1.56. The van der Waals surface area contributed by atoms with Gasteiger partial charge >= 0.3 is 0 Å². The molecule has 0 saturated carbocycles. The van der Waals surface area contributed by atoms with E-state index < -0.39 is 0 Å². The molecule has 1 unspecified atom stereocenters. The predicted molar refractivity (Wildman–Crippen MR) is 88.7 cm³/mol. The molecule has 5 nitrogen and oxygen atoms in total. The van der Waals surface area contributed by atoms with Gasteiger partial charge in [0.05, 0.1) is 11.6 Å². The summed E-state index contributed by atoms with van der Waals surface area (Å²) in [4.78, 5) is 24.4. The lowest BCUT2D eigenvalue weighted by atomic mass is 10.1. The maximum absolute atomic E-state index is 12.8. The molecule has 1 aliphatic rings. The van der Waals surface area contributed by atoms with E-state index >= 15 is 0 Å². The zero-order valence-corrected chi connectivity index (χ0v) is 13.3. The molecule has 0 aliphatic carbocycles. The highest BCUT2D eigenvalue weighted by atomic mass is 32.1. The Morgan fingerprint density at radius 3 is 2.96 bits per heavy atom. The average Bonchev–Trinajstić information content (AvgIpc) is 3.35. The van der Waals surface area contributed by atoms with Gasteiger partial charge < -0.3 is 4.90 Å². The van der Waals surface area contributed by atoms with Gasteiger partial charge in [-0.25, -0.2) is 9.97 Å². The molecule has 0 radical (unpaired) electrons. The molecule has 4 rings (SSSR count). The van der Waals surface area contributed by atoms with Crippen molar-refractivity contribution in [2.45, 2.75) is 18.9 Å². The number of pyridine rings is 1. The third-order valence-electron chi connectivity index (χ3n) is 4.15. The van der Waals surface area contributed by atoms with Crippen LogP contribution >= 0.6 is 11.3 Å². The Hall–Kier alpha value is -2.47. The highest BCUT2D eigenvalue weighted by Gasteiger charge is 2.31. The molecule has 1 amide bonds. The lowest BCUT2D eigenvalue weighted by molar-refractivity contribution is 0.0737. The van der Waals surface area contributed by atoms with E-state index in [4.69, 9.17) is 0 Å². The molecule has 1 atom stereocenters. The van der Waals surface area contributed by atoms with Crippen molar-refractivity contribution in [1.82, 2.24) is 19.4 Å². The summed E-state index contributed by atoms with van der Waals surface area (Å²) >= 11 is 1.72. The van der Waals surface area contributed by atoms with Gasteiger partial charge in [-0.1, -0.05) is 6.07 Å². The second-order valence-corrected chi connectivity index (χ2v) is 6.53. The Bertz CT molecular complexity index is 781. The molecule has 0 bridgehead atoms. The summed E-state index contributed by atoms with van der Waals surface area (Å²) < 4.78 is 1.82. The van der Waals surface area contributed by atoms with Crippen LogP contribution in [0.15, 0.2) is 54.6 Å². The fourth-order valence-electron chi connectivity index (χ4n) is 3.01. The first-order valence-corrected chi connectivity index (χ1v) is 8.49. The standard InChI is InChI=1S/C17H16N4OS/c22-17(21-8-1-3-14(21)15-4-2-10-23-15)13-5-6-16(19-11-13)20-9-7-18-12-20/h2,4-7,9-12,14H,1,3,8H2. The number of carbonyl (C=O) groups excluding carboxylic acids is 1. The van der Waals surface area contributed by atoms with Gasteiger partial charge in [0.15, 0.2) is 0 Å². The highest BCUT2D eigenvalue weighted by Crippen LogP contribution is 2.35. The van der Waals surface area contributed by atoms with Crippen LogP contribution in [0, 0.1) is 0 Å². The lowest BCUT2D eigenvalue weighted by Crippen LogP contribution is -2.30. The van der Waals surface area contributed by atoms with Crippen LogP contribution in [0.1, 0.15) is 34.1 Å². The van der Waals surface area contributed by atoms with Crippen molar-refractivity contribution >= 4 is 17.2 Å². The van der Waals surface area contributed by atoms with Crippen molar-refractivity contribution in [2.75, 3.05) is 6.54 Å². The van der Waals surface area contributed by atoms with Gasteiger partial charge in [-0.2, -0.15) is 0 Å². The Labute approximate surface area is 138 Å². The first-order chi connectivity index (χ1) is 11.3. The van der Waals surface area contributed by atoms with Crippen LogP contribution in [0.25, 0.3) is 5.82 Å². The van der Waals surface area contributed by atoms with Crippen LogP contribution in [-0.2, 0) is 0 Å². The van der Waals surface area contributed by atoms with Gasteiger partial charge in [0.25, 0.3) is 5.91 Å². The van der Waals surface area contributed by atoms with Crippen LogP contribution in [-0.4, -0.2) is 31.9 Å². The van der Waals surface area contributed by atoms with Gasteiger partial charge in [-0.05, 0) is 36.4 Å². The summed E-state index contributed by atoms with van der Waals surface area (Å²) in [6.07, 6.45) is 8.97. The van der Waals surface area contributed by atoms with E-state index in [1.54, 1.807) is 30.1 Å². The van der Waals surface area contributed by atoms with Crippen molar-refractivity contribution in [3.63, 3.8) is 0 Å². The first kappa shape index (κ1) is 14.1. The number of rotatable bonds is 3. The van der Waals surface area contributed by atoms with Crippen molar-refractivity contribution in [3.05, 3.63) is 65.0 Å². The molecule has 1 saturated heterocycles. The van der Waals surface area contributed by atoms with Crippen molar-refractivity contribution in [3.8, 4) is 5.82 Å². The quantitative estimate of drug-likeness (QED) is 0.743. The molecular formula is C17H16N4OS. The van der Waals surface area contributed by atoms with Crippen LogP contribution in [0.4, 0.5) is 0 Å². The smallest absolute Gasteiger partial charge is 0.255 e. The summed E-state index contributed by atoms with van der Waals surface area (Å²) in [6.45, 7) is 0.810. The summed E-state index contributed by atoms with van der Waals surface area (Å²) in [5, 5.41) is 2.07. The van der Waals surface area contributed by atoms with Gasteiger partial charge in [0, 0.05) is 30.0 Å². The summed E-state index contributed by atoms with van der Waals surface area (Å²) in [5.41, 5.74) is 0.636. The summed E-state index contributed by atoms with van der Waals surface area (Å²) in [6, 6.07) is 8.06. The Kier molecular flexibility index (Phi) is 3.67. The van der Waals surface area contributed by atoms with E-state index in [9.17, 15) is 4.79 Å². The van der Waals surface area contributed by atoms with Crippen LogP contribution < -0.4 is 0 Å². The van der Waals surface area contributed by atoms with Gasteiger partial charge in [0.2, 0.25) is 0 Å². The number of nitrogens with zero attached hydrogens (tertiary/aromatic N) is 4. The van der Waals surface area contributed by atoms with Gasteiger partial charge in [0.1, 0.15) is 12.1 Å². The maximum Gasteiger partial charge on any atom is 0.255 e. The molecular weight excluding hydrogens is 308 g/mol. The first-order valence-electron chi connectivity index (χ1n) is 7.62. The molecule has 0 N–H and O–H groups in total. The second-order valence-electron chi connectivity index (χ2n) is 5.55. The second kappa shape index (κ2) is 5.96. The number of hydrogen-bond donors (Lipinski definition) is 0. The largest absolute Gasteiger partial charge is 0.331 e. The number of amides is 1. The van der Waals surface area contributed by atoms with Crippen LogP contribution in [0.5, 0.6) is 0 Å². The number of likely N-dealkylation sites (tertiary alicyclic amines) is 1. The average molecular weight is 324 g/mol. The number of hydrogen-bond acceptors (Lipinski definition) is 4. The third-order valence-corrected chi connectivity index (χ3v) is 5.12. The van der Waals surface area contributed by atoms with Crippen molar-refractivity contribution in [1.29, 1.82) is 0 Å². The van der Waals surface area contributed by atoms with E-state index in [0.29, 0.717) is 5.56 Å². The molecule has 1 fully saturated rings. The zero-order chi connectivity index (χ0) is 15.6. The molecule has 0 aromatic carbocycles. The molecule has 6 heteroatoms. The molecule has 4 heterocycles. The van der Waals surface area contributed by atoms with Gasteiger partial charge in [-0.15, -0.1) is 11.3 Å². The third kappa shape index (κ3) is 2.66. The SMILES string of the molecule is O=C(c1ccc(-n2ccnc2)nc1)N1CCCC1c1cccs1. The molecule has 23 heavy (non-hydrogen) atoms. The normalized spacial score (nSPS) is 17.6. The molecule has 1 aliphatic heterocycles. The summed E-state index contributed by atoms with van der Waals surface area (Å²) in [7, 11) is 0. The topological polar surface area (TPSA) is 51.0 Å². The van der Waals surface area contributed by atoms with Crippen molar-refractivity contribution in [2.24, 2.45) is 0 Å². The van der Waals surface area contributed by atoms with E-state index in [1.807, 2.05) is 33.9 Å². The molecule has 3 aromatic rings. The number of thiophene rings is 1. The van der Waals surface area contributed by atoms with Crippen molar-refractivity contribution < 1.29 is 4.79 Å². The van der Waals surface area contributed by atoms with E-state index in [0.717, 1.165) is 25.2 Å². The highest BCUT2D eigenvalue weighted by molar-refractivity contribution is 7.10. The minimum absolute atomic E-state index is 0.0607. The minimum atomic E-state index is 0.0607. The summed E-state index contributed by atoms with van der Waals surface area (Å²) in [5.74, 6) is 0.820. The molecule has 3 aromatic heterocycles. The van der Waals surface area contributed by atoms with E-state index in [2.05, 4.69) is 21.4 Å². The zero-order valence-electron chi connectivity index (χ0n) is 12.5. The van der Waals surface area contributed by atoms with Gasteiger partial charge in [-0.3, -0.25) is 9.36 Å². The lowest BCUT2D eigenvalue weighted by Gasteiger charge is -2.24. The predicted octanol–water partition coefficient (Wildman–Crippen LogP) is 3.31. The number of imidazole rings is 1. The van der Waals surface area contributed by atoms with Crippen LogP contribution in [0.2, 0.25) is 0 Å². The number of aromatic nitrogens is 3. The monoisotopic (exact) mass is 324 g/mol.